The number of hydrogen-bond donors (Lipinski definition) is 2. The highest BCUT2D eigenvalue weighted by Crippen LogP contribution is 2.12. The van der Waals surface area contributed by atoms with E-state index in [4.69, 9.17) is 4.52 Å². The number of rotatable bonds is 3. The fourth-order valence-electron chi connectivity index (χ4n) is 2.03. The van der Waals surface area contributed by atoms with Gasteiger partial charge in [-0.3, -0.25) is 0 Å². The van der Waals surface area contributed by atoms with Gasteiger partial charge >= 0.3 is 0 Å². The van der Waals surface area contributed by atoms with Crippen molar-refractivity contribution >= 4 is 9.84 Å². The molecule has 9 heteroatoms. The van der Waals surface area contributed by atoms with Crippen molar-refractivity contribution in [2.75, 3.05) is 18.1 Å². The van der Waals surface area contributed by atoms with Gasteiger partial charge in [-0.05, 0) is 0 Å². The number of aromatic amines is 1. The quantitative estimate of drug-likeness (QED) is 0.772. The van der Waals surface area contributed by atoms with Crippen LogP contribution in [-0.4, -0.2) is 52.6 Å². The van der Waals surface area contributed by atoms with E-state index in [-0.39, 0.29) is 17.5 Å². The summed E-state index contributed by atoms with van der Waals surface area (Å²) < 4.78 is 28.1. The third-order valence-electron chi connectivity index (χ3n) is 2.90. The minimum atomic E-state index is -2.96. The molecule has 1 atom stereocenters. The molecule has 1 unspecified atom stereocenters. The number of hydrogen-bond acceptors (Lipinski definition) is 7. The van der Waals surface area contributed by atoms with Gasteiger partial charge in [0.1, 0.15) is 0 Å². The molecule has 1 saturated heterocycles. The van der Waals surface area contributed by atoms with Crippen molar-refractivity contribution in [2.24, 2.45) is 0 Å². The van der Waals surface area contributed by atoms with E-state index >= 15 is 0 Å². The molecule has 1 aliphatic rings. The lowest BCUT2D eigenvalue weighted by Crippen LogP contribution is -2.46. The molecule has 2 N–H and O–H groups in total. The van der Waals surface area contributed by atoms with E-state index < -0.39 is 9.84 Å². The zero-order chi connectivity index (χ0) is 13.3. The van der Waals surface area contributed by atoms with Crippen molar-refractivity contribution < 1.29 is 12.9 Å². The predicted molar refractivity (Wildman–Crippen MR) is 66.0 cm³/mol. The van der Waals surface area contributed by atoms with Gasteiger partial charge in [0, 0.05) is 31.4 Å². The third-order valence-corrected chi connectivity index (χ3v) is 4.64. The Morgan fingerprint density at radius 1 is 1.47 bits per heavy atom. The number of nitrogens with zero attached hydrogens (tertiary/aromatic N) is 3. The van der Waals surface area contributed by atoms with E-state index in [2.05, 4.69) is 25.4 Å². The van der Waals surface area contributed by atoms with E-state index in [1.54, 1.807) is 12.4 Å². The standard InChI is InChI=1S/C10H13N5O3S/c16-19(17)4-3-11-7(6-19)5-8-14-10(15-18-8)9-12-1-2-13-9/h1-2,7,11H,3-6H2,(H,12,13). The molecule has 0 spiro atoms. The van der Waals surface area contributed by atoms with Crippen LogP contribution in [-0.2, 0) is 16.3 Å². The number of sulfone groups is 1. The molecule has 0 bridgehead atoms. The first-order chi connectivity index (χ1) is 9.12. The second kappa shape index (κ2) is 4.74. The lowest BCUT2D eigenvalue weighted by Gasteiger charge is -2.21. The Morgan fingerprint density at radius 2 is 2.37 bits per heavy atom. The summed E-state index contributed by atoms with van der Waals surface area (Å²) in [7, 11) is -2.96. The molecule has 1 aliphatic heterocycles. The molecular weight excluding hydrogens is 270 g/mol. The fourth-order valence-corrected chi connectivity index (χ4v) is 3.48. The minimum absolute atomic E-state index is 0.103. The Hall–Kier alpha value is -1.74. The van der Waals surface area contributed by atoms with E-state index in [1.165, 1.54) is 0 Å². The van der Waals surface area contributed by atoms with Crippen LogP contribution in [0.1, 0.15) is 5.89 Å². The van der Waals surface area contributed by atoms with E-state index in [9.17, 15) is 8.42 Å². The molecule has 3 heterocycles. The van der Waals surface area contributed by atoms with E-state index in [1.807, 2.05) is 0 Å². The van der Waals surface area contributed by atoms with Crippen molar-refractivity contribution in [2.45, 2.75) is 12.5 Å². The molecule has 3 rings (SSSR count). The average Bonchev–Trinajstić information content (AvgIpc) is 2.96. The monoisotopic (exact) mass is 283 g/mol. The molecule has 0 saturated carbocycles. The molecule has 19 heavy (non-hydrogen) atoms. The second-order valence-electron chi connectivity index (χ2n) is 4.42. The van der Waals surface area contributed by atoms with Gasteiger partial charge in [-0.2, -0.15) is 4.98 Å². The predicted octanol–water partition coefficient (Wildman–Crippen LogP) is -0.611. The molecule has 0 radical (unpaired) electrons. The average molecular weight is 283 g/mol. The Morgan fingerprint density at radius 3 is 3.11 bits per heavy atom. The first kappa shape index (κ1) is 12.3. The van der Waals surface area contributed by atoms with Gasteiger partial charge in [0.25, 0.3) is 0 Å². The smallest absolute Gasteiger partial charge is 0.238 e. The lowest BCUT2D eigenvalue weighted by molar-refractivity contribution is 0.361. The van der Waals surface area contributed by atoms with Crippen LogP contribution < -0.4 is 5.32 Å². The van der Waals surface area contributed by atoms with Gasteiger partial charge in [0.2, 0.25) is 11.7 Å². The van der Waals surface area contributed by atoms with E-state index in [0.29, 0.717) is 30.5 Å². The maximum atomic E-state index is 11.5. The molecule has 1 fully saturated rings. The Kier molecular flexibility index (Phi) is 3.07. The minimum Gasteiger partial charge on any atom is -0.342 e. The molecule has 2 aromatic heterocycles. The van der Waals surface area contributed by atoms with Gasteiger partial charge in [0.15, 0.2) is 15.7 Å². The number of aromatic nitrogens is 4. The summed E-state index contributed by atoms with van der Waals surface area (Å²) in [5.41, 5.74) is 0. The maximum absolute atomic E-state index is 11.5. The summed E-state index contributed by atoms with van der Waals surface area (Å²) in [6.45, 7) is 0.464. The first-order valence-electron chi connectivity index (χ1n) is 5.88. The molecule has 102 valence electrons. The maximum Gasteiger partial charge on any atom is 0.238 e. The highest BCUT2D eigenvalue weighted by molar-refractivity contribution is 7.91. The summed E-state index contributed by atoms with van der Waals surface area (Å²) in [4.78, 5) is 11.1. The highest BCUT2D eigenvalue weighted by atomic mass is 32.2. The van der Waals surface area contributed by atoms with Crippen LogP contribution in [0.15, 0.2) is 16.9 Å². The zero-order valence-corrected chi connectivity index (χ0v) is 10.9. The van der Waals surface area contributed by atoms with Crippen LogP contribution in [0.25, 0.3) is 11.6 Å². The molecular formula is C10H13N5O3S. The van der Waals surface area contributed by atoms with Crippen LogP contribution in [0.4, 0.5) is 0 Å². The summed E-state index contributed by atoms with van der Waals surface area (Å²) >= 11 is 0. The van der Waals surface area contributed by atoms with E-state index in [0.717, 1.165) is 0 Å². The van der Waals surface area contributed by atoms with Crippen LogP contribution in [0.2, 0.25) is 0 Å². The van der Waals surface area contributed by atoms with Gasteiger partial charge in [-0.15, -0.1) is 0 Å². The van der Waals surface area contributed by atoms with Crippen molar-refractivity contribution in [1.82, 2.24) is 25.4 Å². The van der Waals surface area contributed by atoms with Crippen molar-refractivity contribution in [1.29, 1.82) is 0 Å². The summed E-state index contributed by atoms with van der Waals surface area (Å²) in [5.74, 6) is 1.59. The molecule has 0 aromatic carbocycles. The van der Waals surface area contributed by atoms with Crippen molar-refractivity contribution in [3.05, 3.63) is 18.3 Å². The first-order valence-corrected chi connectivity index (χ1v) is 7.71. The summed E-state index contributed by atoms with van der Waals surface area (Å²) in [5, 5.41) is 6.94. The molecule has 8 nitrogen and oxygen atoms in total. The van der Waals surface area contributed by atoms with Crippen LogP contribution in [0, 0.1) is 0 Å². The number of nitrogens with one attached hydrogen (secondary N) is 2. The topological polar surface area (TPSA) is 114 Å². The Labute approximate surface area is 109 Å². The van der Waals surface area contributed by atoms with Crippen molar-refractivity contribution in [3.63, 3.8) is 0 Å². The van der Waals surface area contributed by atoms with Gasteiger partial charge in [-0.1, -0.05) is 5.16 Å². The van der Waals surface area contributed by atoms with Crippen LogP contribution >= 0.6 is 0 Å². The second-order valence-corrected chi connectivity index (χ2v) is 6.65. The van der Waals surface area contributed by atoms with Crippen LogP contribution in [0.5, 0.6) is 0 Å². The largest absolute Gasteiger partial charge is 0.342 e. The van der Waals surface area contributed by atoms with Crippen molar-refractivity contribution in [3.8, 4) is 11.6 Å². The molecule has 0 aliphatic carbocycles. The molecule has 2 aromatic rings. The summed E-state index contributed by atoms with van der Waals surface area (Å²) in [6.07, 6.45) is 3.66. The van der Waals surface area contributed by atoms with Gasteiger partial charge < -0.3 is 14.8 Å². The highest BCUT2D eigenvalue weighted by Gasteiger charge is 2.26. The van der Waals surface area contributed by atoms with Gasteiger partial charge in [0.05, 0.1) is 11.5 Å². The summed E-state index contributed by atoms with van der Waals surface area (Å²) in [6, 6.07) is -0.177. The Bertz CT molecular complexity index is 649. The molecule has 0 amide bonds. The normalized spacial score (nSPS) is 22.4. The van der Waals surface area contributed by atoms with Crippen LogP contribution in [0.3, 0.4) is 0 Å². The number of imidazole rings is 1. The number of H-pyrrole nitrogens is 1. The SMILES string of the molecule is O=S1(=O)CCNC(Cc2nc(-c3ncc[nH]3)no2)C1. The lowest BCUT2D eigenvalue weighted by atomic mass is 10.2. The van der Waals surface area contributed by atoms with Gasteiger partial charge in [-0.25, -0.2) is 13.4 Å². The zero-order valence-electron chi connectivity index (χ0n) is 10.0. The third kappa shape index (κ3) is 2.82. The Balaban J connectivity index is 1.71. The fraction of sp³-hybridized carbons (Fsp3) is 0.500.